The molecule has 11 rings (SSSR count). The molecule has 0 amide bonds. The highest BCUT2D eigenvalue weighted by Gasteiger charge is 2.42. The van der Waals surface area contributed by atoms with Crippen LogP contribution >= 0.6 is 0 Å². The molecule has 0 unspecified atom stereocenters. The van der Waals surface area contributed by atoms with E-state index < -0.39 is 0 Å². The Balaban J connectivity index is 1.22. The van der Waals surface area contributed by atoms with E-state index in [-0.39, 0.29) is 16.2 Å². The minimum atomic E-state index is -0.136. The second-order valence-corrected chi connectivity index (χ2v) is 19.9. The lowest BCUT2D eigenvalue weighted by Gasteiger charge is -2.46. The third-order valence-electron chi connectivity index (χ3n) is 14.6. The minimum absolute atomic E-state index is 0.0828. The molecule has 4 heteroatoms. The van der Waals surface area contributed by atoms with Crippen LogP contribution in [0, 0.1) is 20.8 Å². The van der Waals surface area contributed by atoms with Gasteiger partial charge >= 0.3 is 0 Å². The van der Waals surface area contributed by atoms with Crippen LogP contribution in [0.4, 0.5) is 28.4 Å². The molecule has 3 aliphatic rings. The highest BCUT2D eigenvalue weighted by Crippen LogP contribution is 2.54. The number of hydrogen-bond acceptors (Lipinski definition) is 3. The fourth-order valence-corrected chi connectivity index (χ4v) is 11.4. The van der Waals surface area contributed by atoms with Gasteiger partial charge < -0.3 is 14.6 Å². The number of benzene rings is 7. The van der Waals surface area contributed by atoms with Crippen molar-refractivity contribution in [1.29, 1.82) is 0 Å². The van der Waals surface area contributed by atoms with Crippen molar-refractivity contribution in [3.8, 4) is 22.3 Å². The Kier molecular flexibility index (Phi) is 7.87. The van der Waals surface area contributed by atoms with Gasteiger partial charge in [-0.1, -0.05) is 131 Å². The lowest BCUT2D eigenvalue weighted by molar-refractivity contribution is 0.332. The third-order valence-corrected chi connectivity index (χ3v) is 14.6. The van der Waals surface area contributed by atoms with Crippen molar-refractivity contribution < 1.29 is 4.42 Å². The molecule has 1 N–H and O–H groups in total. The van der Waals surface area contributed by atoms with Gasteiger partial charge in [-0.2, -0.15) is 0 Å². The molecule has 1 aliphatic carbocycles. The van der Waals surface area contributed by atoms with Gasteiger partial charge in [-0.05, 0) is 142 Å². The summed E-state index contributed by atoms with van der Waals surface area (Å²) >= 11 is 0. The normalized spacial score (nSPS) is 16.4. The Labute approximate surface area is 355 Å². The number of furan rings is 1. The van der Waals surface area contributed by atoms with Crippen LogP contribution in [0.15, 0.2) is 126 Å². The number of nitrogens with one attached hydrogen (secondary N) is 1. The molecule has 0 atom stereocenters. The standard InChI is InChI=1S/C56H53BN2O/c1-32-27-33(2)49(34(3)28-32)35-29-40(50-47(30-35)59-46-19-12-11-16-42(46)56(8,9)43-17-14-18-45(57-50)52(43)59)38-22-23-39-37-15-10-13-20-48(37)60-53(39)51(38)58-36-21-24-41-44(31-36)55(6,7)26-25-54(41,4)5/h10-24,27-31,57-58H,25-26H2,1-9H3. The van der Waals surface area contributed by atoms with E-state index in [0.29, 0.717) is 0 Å². The third kappa shape index (κ3) is 5.35. The van der Waals surface area contributed by atoms with Crippen LogP contribution in [0.3, 0.4) is 0 Å². The summed E-state index contributed by atoms with van der Waals surface area (Å²) in [4.78, 5) is 2.59. The molecule has 3 nitrogen and oxygen atoms in total. The lowest BCUT2D eigenvalue weighted by Crippen LogP contribution is -2.45. The smallest absolute Gasteiger partial charge is 0.198 e. The van der Waals surface area contributed by atoms with Crippen LogP contribution in [0.5, 0.6) is 0 Å². The Morgan fingerprint density at radius 3 is 2.12 bits per heavy atom. The van der Waals surface area contributed by atoms with Gasteiger partial charge in [-0.25, -0.2) is 0 Å². The molecule has 0 bridgehead atoms. The second kappa shape index (κ2) is 12.8. The molecule has 8 aromatic rings. The summed E-state index contributed by atoms with van der Waals surface area (Å²) in [5, 5.41) is 6.32. The van der Waals surface area contributed by atoms with Gasteiger partial charge in [0, 0.05) is 38.8 Å². The van der Waals surface area contributed by atoms with Crippen molar-refractivity contribution in [2.24, 2.45) is 0 Å². The zero-order valence-electron chi connectivity index (χ0n) is 36.5. The summed E-state index contributed by atoms with van der Waals surface area (Å²) in [6.07, 6.45) is 2.35. The molecule has 0 saturated heterocycles. The van der Waals surface area contributed by atoms with E-state index in [1.165, 1.54) is 90.0 Å². The molecule has 60 heavy (non-hydrogen) atoms. The average molecular weight is 781 g/mol. The first kappa shape index (κ1) is 37.0. The molecule has 296 valence electrons. The molecule has 0 spiro atoms. The summed E-state index contributed by atoms with van der Waals surface area (Å²) in [6, 6.07) is 45.9. The first-order chi connectivity index (χ1) is 28.7. The van der Waals surface area contributed by atoms with Gasteiger partial charge in [0.2, 0.25) is 0 Å². The second-order valence-electron chi connectivity index (χ2n) is 19.9. The van der Waals surface area contributed by atoms with Crippen molar-refractivity contribution in [1.82, 2.24) is 0 Å². The molecule has 1 aromatic heterocycles. The molecular weight excluding hydrogens is 727 g/mol. The zero-order chi connectivity index (χ0) is 41.5. The maximum absolute atomic E-state index is 6.93. The van der Waals surface area contributed by atoms with Gasteiger partial charge in [0.1, 0.15) is 5.58 Å². The van der Waals surface area contributed by atoms with E-state index in [1.807, 2.05) is 0 Å². The number of hydrogen-bond donors (Lipinski definition) is 1. The van der Waals surface area contributed by atoms with E-state index in [0.717, 1.165) is 52.6 Å². The molecule has 0 saturated carbocycles. The number of anilines is 5. The van der Waals surface area contributed by atoms with E-state index >= 15 is 0 Å². The number of fused-ring (bicyclic) bond motifs is 8. The van der Waals surface area contributed by atoms with Gasteiger partial charge in [-0.15, -0.1) is 0 Å². The highest BCUT2D eigenvalue weighted by atomic mass is 16.3. The van der Waals surface area contributed by atoms with Gasteiger partial charge in [-0.3, -0.25) is 0 Å². The van der Waals surface area contributed by atoms with Gasteiger partial charge in [0.15, 0.2) is 12.9 Å². The predicted molar refractivity (Wildman–Crippen MR) is 257 cm³/mol. The first-order valence-corrected chi connectivity index (χ1v) is 21.9. The molecular formula is C56H53BN2O. The van der Waals surface area contributed by atoms with Crippen LogP contribution in [-0.4, -0.2) is 7.28 Å². The number of aryl methyl sites for hydroxylation is 3. The van der Waals surface area contributed by atoms with Crippen molar-refractivity contribution in [2.75, 3.05) is 10.2 Å². The summed E-state index contributed by atoms with van der Waals surface area (Å²) in [5.74, 6) is 0. The van der Waals surface area contributed by atoms with Crippen LogP contribution in [0.1, 0.15) is 93.3 Å². The largest absolute Gasteiger partial charge is 0.454 e. The Morgan fingerprint density at radius 2 is 1.32 bits per heavy atom. The molecule has 3 heterocycles. The summed E-state index contributed by atoms with van der Waals surface area (Å²) in [5.41, 5.74) is 24.9. The van der Waals surface area contributed by atoms with E-state index in [4.69, 9.17) is 4.42 Å². The summed E-state index contributed by atoms with van der Waals surface area (Å²) < 4.78 is 6.93. The fraction of sp³-hybridized carbons (Fsp3) is 0.250. The zero-order valence-corrected chi connectivity index (χ0v) is 36.5. The SMILES string of the molecule is Cc1cc(C)c(-c2cc(-c3ccc4c(oc5ccccc54)c3Nc3ccc4c(c3)C(C)(C)CCC4(C)C)c3c(c2)N2c4ccccc4C(C)(C)c4cccc(c42)B3)c(C)c1. The molecule has 0 radical (unpaired) electrons. The van der Waals surface area contributed by atoms with E-state index in [9.17, 15) is 0 Å². The lowest BCUT2D eigenvalue weighted by atomic mass is 9.55. The van der Waals surface area contributed by atoms with Gasteiger partial charge in [0.05, 0.1) is 11.4 Å². The van der Waals surface area contributed by atoms with Crippen LogP contribution in [-0.2, 0) is 16.2 Å². The van der Waals surface area contributed by atoms with Crippen molar-refractivity contribution in [2.45, 2.75) is 91.4 Å². The number of nitrogens with zero attached hydrogens (tertiary/aromatic N) is 1. The Bertz CT molecular complexity index is 3100. The summed E-state index contributed by atoms with van der Waals surface area (Å²) in [7, 11) is 0.828. The Hall–Kier alpha value is -6.00. The molecule has 7 aromatic carbocycles. The van der Waals surface area contributed by atoms with Crippen molar-refractivity contribution in [3.63, 3.8) is 0 Å². The predicted octanol–water partition coefficient (Wildman–Crippen LogP) is 13.7. The topological polar surface area (TPSA) is 28.4 Å². The van der Waals surface area contributed by atoms with Crippen LogP contribution in [0.25, 0.3) is 44.2 Å². The van der Waals surface area contributed by atoms with Crippen molar-refractivity contribution >= 4 is 68.6 Å². The highest BCUT2D eigenvalue weighted by molar-refractivity contribution is 6.73. The molecule has 2 aliphatic heterocycles. The van der Waals surface area contributed by atoms with Crippen LogP contribution < -0.4 is 21.1 Å². The maximum atomic E-state index is 6.93. The van der Waals surface area contributed by atoms with Crippen molar-refractivity contribution in [3.05, 3.63) is 160 Å². The fourth-order valence-electron chi connectivity index (χ4n) is 11.4. The van der Waals surface area contributed by atoms with E-state index in [2.05, 4.69) is 194 Å². The number of rotatable bonds is 4. The van der Waals surface area contributed by atoms with Crippen LogP contribution in [0.2, 0.25) is 0 Å². The monoisotopic (exact) mass is 780 g/mol. The molecule has 0 fully saturated rings. The first-order valence-electron chi connectivity index (χ1n) is 21.9. The Morgan fingerprint density at radius 1 is 0.600 bits per heavy atom. The van der Waals surface area contributed by atoms with Gasteiger partial charge in [0.25, 0.3) is 0 Å². The maximum Gasteiger partial charge on any atom is 0.198 e. The van der Waals surface area contributed by atoms with E-state index in [1.54, 1.807) is 0 Å². The average Bonchev–Trinajstić information content (AvgIpc) is 3.60. The number of para-hydroxylation sites is 3. The summed E-state index contributed by atoms with van der Waals surface area (Å²) in [6.45, 7) is 21.1. The minimum Gasteiger partial charge on any atom is -0.454 e. The quantitative estimate of drug-likeness (QED) is 0.180.